The average molecular weight is 365 g/mol. The van der Waals surface area contributed by atoms with Crippen LogP contribution in [0.25, 0.3) is 0 Å². The van der Waals surface area contributed by atoms with E-state index in [1.165, 1.54) is 11.1 Å². The molecule has 6 heteroatoms. The van der Waals surface area contributed by atoms with Crippen molar-refractivity contribution < 1.29 is 9.47 Å². The number of methoxy groups -OCH3 is 2. The van der Waals surface area contributed by atoms with Gasteiger partial charge in [0.2, 0.25) is 0 Å². The summed E-state index contributed by atoms with van der Waals surface area (Å²) in [5.41, 5.74) is 2.46. The number of guanidine groups is 1. The van der Waals surface area contributed by atoms with Gasteiger partial charge in [-0.25, -0.2) is 0 Å². The van der Waals surface area contributed by atoms with E-state index in [1.807, 2.05) is 12.1 Å². The highest BCUT2D eigenvalue weighted by Gasteiger charge is 2.13. The minimum absolute atomic E-state index is 0.108. The number of nitrogens with zero attached hydrogens (tertiary/aromatic N) is 2. The maximum atomic E-state index is 5.44. The summed E-state index contributed by atoms with van der Waals surface area (Å²) in [6, 6.07) is 4.05. The van der Waals surface area contributed by atoms with Gasteiger partial charge in [-0.05, 0) is 57.9 Å². The Labute approximate surface area is 159 Å². The molecule has 0 bridgehead atoms. The first-order valence-corrected chi connectivity index (χ1v) is 9.17. The maximum Gasteiger partial charge on any atom is 0.194 e. The molecule has 26 heavy (non-hydrogen) atoms. The summed E-state index contributed by atoms with van der Waals surface area (Å²) < 4.78 is 10.8. The molecule has 0 radical (unpaired) electrons. The number of aryl methyl sites for hydroxylation is 1. The van der Waals surface area contributed by atoms with E-state index < -0.39 is 0 Å². The number of nitrogens with one attached hydrogen (secondary N) is 2. The summed E-state index contributed by atoms with van der Waals surface area (Å²) in [5, 5.41) is 6.82. The number of hydrogen-bond donors (Lipinski definition) is 2. The SMILES string of the molecule is CCNC(=NCCNC(C)(C)C)N(C)Cc1cc(OC)c(OC)cc1C. The van der Waals surface area contributed by atoms with E-state index in [0.717, 1.165) is 43.6 Å². The van der Waals surface area contributed by atoms with Crippen LogP contribution in [0.1, 0.15) is 38.8 Å². The summed E-state index contributed by atoms with van der Waals surface area (Å²) in [6.07, 6.45) is 0. The second kappa shape index (κ2) is 10.3. The van der Waals surface area contributed by atoms with Crippen molar-refractivity contribution in [1.29, 1.82) is 0 Å². The van der Waals surface area contributed by atoms with E-state index in [2.05, 4.69) is 57.2 Å². The van der Waals surface area contributed by atoms with Crippen LogP contribution in [0.4, 0.5) is 0 Å². The van der Waals surface area contributed by atoms with Gasteiger partial charge in [0.25, 0.3) is 0 Å². The molecule has 0 heterocycles. The highest BCUT2D eigenvalue weighted by atomic mass is 16.5. The van der Waals surface area contributed by atoms with E-state index in [-0.39, 0.29) is 5.54 Å². The quantitative estimate of drug-likeness (QED) is 0.422. The van der Waals surface area contributed by atoms with Gasteiger partial charge in [-0.3, -0.25) is 4.99 Å². The second-order valence-corrected chi connectivity index (χ2v) is 7.40. The van der Waals surface area contributed by atoms with Gasteiger partial charge in [-0.2, -0.15) is 0 Å². The van der Waals surface area contributed by atoms with Gasteiger partial charge < -0.3 is 25.0 Å². The highest BCUT2D eigenvalue weighted by Crippen LogP contribution is 2.30. The Morgan fingerprint density at radius 3 is 2.31 bits per heavy atom. The molecular formula is C20H36N4O2. The van der Waals surface area contributed by atoms with Gasteiger partial charge >= 0.3 is 0 Å². The molecule has 0 aliphatic rings. The molecule has 0 atom stereocenters. The molecule has 1 aromatic carbocycles. The maximum absolute atomic E-state index is 5.44. The van der Waals surface area contributed by atoms with Crippen LogP contribution in [0.2, 0.25) is 0 Å². The zero-order chi connectivity index (χ0) is 19.7. The van der Waals surface area contributed by atoms with Crippen LogP contribution in [-0.2, 0) is 6.54 Å². The molecule has 0 amide bonds. The molecule has 0 aliphatic carbocycles. The molecule has 6 nitrogen and oxygen atoms in total. The number of hydrogen-bond acceptors (Lipinski definition) is 4. The predicted molar refractivity (Wildman–Crippen MR) is 109 cm³/mol. The van der Waals surface area contributed by atoms with Crippen molar-refractivity contribution in [3.05, 3.63) is 23.3 Å². The number of ether oxygens (including phenoxy) is 2. The zero-order valence-corrected chi connectivity index (χ0v) is 17.7. The van der Waals surface area contributed by atoms with E-state index in [1.54, 1.807) is 14.2 Å². The van der Waals surface area contributed by atoms with Gasteiger partial charge in [0, 0.05) is 32.2 Å². The first-order chi connectivity index (χ1) is 12.2. The Morgan fingerprint density at radius 2 is 1.77 bits per heavy atom. The zero-order valence-electron chi connectivity index (χ0n) is 17.7. The largest absolute Gasteiger partial charge is 0.493 e. The first-order valence-electron chi connectivity index (χ1n) is 9.17. The van der Waals surface area contributed by atoms with Crippen LogP contribution in [0, 0.1) is 6.92 Å². The van der Waals surface area contributed by atoms with Gasteiger partial charge in [-0.15, -0.1) is 0 Å². The van der Waals surface area contributed by atoms with Crippen molar-refractivity contribution in [3.8, 4) is 11.5 Å². The van der Waals surface area contributed by atoms with Crippen molar-refractivity contribution in [1.82, 2.24) is 15.5 Å². The Morgan fingerprint density at radius 1 is 1.15 bits per heavy atom. The molecule has 1 rings (SSSR count). The van der Waals surface area contributed by atoms with E-state index >= 15 is 0 Å². The Hall–Kier alpha value is -1.95. The van der Waals surface area contributed by atoms with Crippen molar-refractivity contribution in [2.75, 3.05) is 40.9 Å². The lowest BCUT2D eigenvalue weighted by molar-refractivity contribution is 0.353. The summed E-state index contributed by atoms with van der Waals surface area (Å²) >= 11 is 0. The summed E-state index contributed by atoms with van der Waals surface area (Å²) in [6.45, 7) is 13.8. The van der Waals surface area contributed by atoms with E-state index in [0.29, 0.717) is 0 Å². The van der Waals surface area contributed by atoms with Crippen LogP contribution in [0.3, 0.4) is 0 Å². The molecule has 0 spiro atoms. The fourth-order valence-electron chi connectivity index (χ4n) is 2.59. The minimum atomic E-state index is 0.108. The normalized spacial score (nSPS) is 12.1. The fraction of sp³-hybridized carbons (Fsp3) is 0.650. The molecule has 0 saturated carbocycles. The van der Waals surface area contributed by atoms with E-state index in [4.69, 9.17) is 14.5 Å². The van der Waals surface area contributed by atoms with Crippen molar-refractivity contribution in [2.24, 2.45) is 4.99 Å². The van der Waals surface area contributed by atoms with E-state index in [9.17, 15) is 0 Å². The number of benzene rings is 1. The Balaban J connectivity index is 2.85. The lowest BCUT2D eigenvalue weighted by Crippen LogP contribution is -2.40. The van der Waals surface area contributed by atoms with Crippen LogP contribution >= 0.6 is 0 Å². The van der Waals surface area contributed by atoms with Crippen LogP contribution in [0.15, 0.2) is 17.1 Å². The monoisotopic (exact) mass is 364 g/mol. The van der Waals surface area contributed by atoms with Crippen molar-refractivity contribution in [2.45, 2.75) is 46.7 Å². The lowest BCUT2D eigenvalue weighted by Gasteiger charge is -2.24. The molecule has 0 aliphatic heterocycles. The van der Waals surface area contributed by atoms with Gasteiger partial charge in [0.05, 0.1) is 20.8 Å². The third kappa shape index (κ3) is 7.12. The molecule has 0 aromatic heterocycles. The molecule has 0 fully saturated rings. The van der Waals surface area contributed by atoms with Crippen molar-refractivity contribution in [3.63, 3.8) is 0 Å². The topological polar surface area (TPSA) is 58.1 Å². The standard InChI is InChI=1S/C20H36N4O2/c1-9-21-19(22-10-11-23-20(3,4)5)24(6)14-16-13-18(26-8)17(25-7)12-15(16)2/h12-13,23H,9-11,14H2,1-8H3,(H,21,22). The third-order valence-corrected chi connectivity index (χ3v) is 3.97. The van der Waals surface area contributed by atoms with Crippen LogP contribution < -0.4 is 20.1 Å². The molecule has 0 unspecified atom stereocenters. The molecule has 1 aromatic rings. The molecule has 0 saturated heterocycles. The van der Waals surface area contributed by atoms with Crippen LogP contribution in [-0.4, -0.2) is 57.3 Å². The molecule has 148 valence electrons. The second-order valence-electron chi connectivity index (χ2n) is 7.40. The third-order valence-electron chi connectivity index (χ3n) is 3.97. The van der Waals surface area contributed by atoms with Crippen LogP contribution in [0.5, 0.6) is 11.5 Å². The minimum Gasteiger partial charge on any atom is -0.493 e. The number of aliphatic imine (C=N–C) groups is 1. The molecular weight excluding hydrogens is 328 g/mol. The summed E-state index contributed by atoms with van der Waals surface area (Å²) in [4.78, 5) is 6.87. The first kappa shape index (κ1) is 22.1. The fourth-order valence-corrected chi connectivity index (χ4v) is 2.59. The average Bonchev–Trinajstić information content (AvgIpc) is 2.57. The molecule has 2 N–H and O–H groups in total. The highest BCUT2D eigenvalue weighted by molar-refractivity contribution is 5.79. The Bertz CT molecular complexity index is 594. The summed E-state index contributed by atoms with van der Waals surface area (Å²) in [5.74, 6) is 2.40. The van der Waals surface area contributed by atoms with Gasteiger partial charge in [0.1, 0.15) is 0 Å². The predicted octanol–water partition coefficient (Wildman–Crippen LogP) is 2.80. The van der Waals surface area contributed by atoms with Gasteiger partial charge in [0.15, 0.2) is 17.5 Å². The Kier molecular flexibility index (Phi) is 8.72. The summed E-state index contributed by atoms with van der Waals surface area (Å²) in [7, 11) is 5.37. The number of rotatable bonds is 8. The smallest absolute Gasteiger partial charge is 0.194 e. The van der Waals surface area contributed by atoms with Crippen molar-refractivity contribution >= 4 is 5.96 Å². The van der Waals surface area contributed by atoms with Gasteiger partial charge in [-0.1, -0.05) is 0 Å². The lowest BCUT2D eigenvalue weighted by atomic mass is 10.1.